The maximum absolute atomic E-state index is 13.4. The second kappa shape index (κ2) is 10.3. The Labute approximate surface area is 220 Å². The fraction of sp³-hybridized carbons (Fsp3) is 0.406. The molecule has 0 aliphatic carbocycles. The van der Waals surface area contributed by atoms with Crippen LogP contribution in [0.4, 0.5) is 4.79 Å². The molecule has 2 fully saturated rings. The van der Waals surface area contributed by atoms with E-state index in [1.165, 1.54) is 0 Å². The lowest BCUT2D eigenvalue weighted by molar-refractivity contribution is -0.0423. The van der Waals surface area contributed by atoms with E-state index in [0.717, 1.165) is 36.0 Å². The predicted octanol–water partition coefficient (Wildman–Crippen LogP) is 6.12. The number of piperidine rings is 1. The summed E-state index contributed by atoms with van der Waals surface area (Å²) in [5.74, 6) is 0. The van der Waals surface area contributed by atoms with Crippen molar-refractivity contribution in [2.24, 2.45) is 0 Å². The molecule has 4 atom stereocenters. The van der Waals surface area contributed by atoms with Crippen molar-refractivity contribution in [3.63, 3.8) is 0 Å². The van der Waals surface area contributed by atoms with Crippen LogP contribution in [0.15, 0.2) is 91.0 Å². The topological polar surface area (TPSA) is 50.8 Å². The second-order valence-electron chi connectivity index (χ2n) is 11.2. The molecule has 2 bridgehead atoms. The van der Waals surface area contributed by atoms with Gasteiger partial charge < -0.3 is 14.4 Å². The summed E-state index contributed by atoms with van der Waals surface area (Å²) in [5, 5.41) is 4.12. The van der Waals surface area contributed by atoms with Crippen molar-refractivity contribution in [3.8, 4) is 0 Å². The van der Waals surface area contributed by atoms with Gasteiger partial charge in [-0.3, -0.25) is 5.32 Å². The fourth-order valence-corrected chi connectivity index (χ4v) is 6.25. The van der Waals surface area contributed by atoms with Gasteiger partial charge >= 0.3 is 6.09 Å². The summed E-state index contributed by atoms with van der Waals surface area (Å²) in [5.41, 5.74) is 2.25. The Bertz CT molecular complexity index is 1080. The normalized spacial score (nSPS) is 23.6. The number of fused-ring (bicyclic) bond motifs is 2. The molecule has 4 unspecified atom stereocenters. The Balaban J connectivity index is 1.64. The van der Waals surface area contributed by atoms with E-state index in [4.69, 9.17) is 9.47 Å². The number of nitrogens with zero attached hydrogens (tertiary/aromatic N) is 1. The first kappa shape index (κ1) is 25.5. The van der Waals surface area contributed by atoms with Gasteiger partial charge in [-0.1, -0.05) is 91.0 Å². The van der Waals surface area contributed by atoms with Crippen LogP contribution >= 0.6 is 0 Å². The third-order valence-electron chi connectivity index (χ3n) is 7.78. The number of ether oxygens (including phenoxy) is 2. The maximum atomic E-state index is 13.4. The Morgan fingerprint density at radius 2 is 1.30 bits per heavy atom. The molecular weight excluding hydrogens is 460 g/mol. The first-order valence-electron chi connectivity index (χ1n) is 13.3. The van der Waals surface area contributed by atoms with E-state index in [9.17, 15) is 4.79 Å². The molecule has 37 heavy (non-hydrogen) atoms. The lowest BCUT2D eigenvalue weighted by atomic mass is 9.75. The Hall–Kier alpha value is -3.15. The Morgan fingerprint density at radius 1 is 0.811 bits per heavy atom. The average Bonchev–Trinajstić information content (AvgIpc) is 3.24. The van der Waals surface area contributed by atoms with Gasteiger partial charge in [0.05, 0.1) is 23.7 Å². The van der Waals surface area contributed by atoms with Crippen LogP contribution < -0.4 is 5.32 Å². The summed E-state index contributed by atoms with van der Waals surface area (Å²) in [4.78, 5) is 15.4. The second-order valence-corrected chi connectivity index (χ2v) is 11.2. The van der Waals surface area contributed by atoms with Gasteiger partial charge in [0.1, 0.15) is 5.60 Å². The number of carbonyl (C=O) groups is 1. The number of nitrogens with one attached hydrogen (secondary N) is 1. The zero-order valence-electron chi connectivity index (χ0n) is 22.3. The molecule has 2 saturated heterocycles. The summed E-state index contributed by atoms with van der Waals surface area (Å²) in [6.07, 6.45) is 2.38. The van der Waals surface area contributed by atoms with E-state index in [-0.39, 0.29) is 30.3 Å². The molecular formula is C32H38N2O3. The van der Waals surface area contributed by atoms with Gasteiger partial charge in [0.25, 0.3) is 0 Å². The molecule has 2 heterocycles. The highest BCUT2D eigenvalue weighted by Crippen LogP contribution is 2.43. The van der Waals surface area contributed by atoms with Crippen molar-refractivity contribution in [1.29, 1.82) is 0 Å². The summed E-state index contributed by atoms with van der Waals surface area (Å²) in [7, 11) is 1.79. The zero-order valence-corrected chi connectivity index (χ0v) is 22.3. The van der Waals surface area contributed by atoms with Crippen molar-refractivity contribution < 1.29 is 14.3 Å². The molecule has 3 aromatic carbocycles. The molecule has 0 radical (unpaired) electrons. The molecule has 194 valence electrons. The summed E-state index contributed by atoms with van der Waals surface area (Å²) < 4.78 is 12.0. The van der Waals surface area contributed by atoms with Crippen LogP contribution in [0.25, 0.3) is 0 Å². The van der Waals surface area contributed by atoms with Crippen molar-refractivity contribution in [2.75, 3.05) is 7.11 Å². The number of methoxy groups -OCH3 is 1. The zero-order chi connectivity index (χ0) is 26.0. The molecule has 5 heteroatoms. The van der Waals surface area contributed by atoms with Crippen LogP contribution in [0, 0.1) is 0 Å². The van der Waals surface area contributed by atoms with Crippen LogP contribution in [-0.2, 0) is 15.0 Å². The van der Waals surface area contributed by atoms with E-state index < -0.39 is 11.1 Å². The number of hydrogen-bond donors (Lipinski definition) is 1. The van der Waals surface area contributed by atoms with E-state index in [1.54, 1.807) is 7.11 Å². The van der Waals surface area contributed by atoms with Gasteiger partial charge in [-0.15, -0.1) is 0 Å². The first-order valence-corrected chi connectivity index (χ1v) is 13.3. The third kappa shape index (κ3) is 4.90. The van der Waals surface area contributed by atoms with Gasteiger partial charge in [-0.25, -0.2) is 4.79 Å². The molecule has 0 aromatic heterocycles. The van der Waals surface area contributed by atoms with Crippen LogP contribution in [0.1, 0.15) is 56.7 Å². The monoisotopic (exact) mass is 498 g/mol. The molecule has 0 spiro atoms. The molecule has 1 N–H and O–H groups in total. The molecule has 2 aliphatic rings. The van der Waals surface area contributed by atoms with Gasteiger partial charge in [-0.05, 0) is 56.7 Å². The molecule has 5 rings (SSSR count). The predicted molar refractivity (Wildman–Crippen MR) is 146 cm³/mol. The van der Waals surface area contributed by atoms with Crippen molar-refractivity contribution in [2.45, 2.75) is 75.4 Å². The highest BCUT2D eigenvalue weighted by atomic mass is 16.6. The maximum Gasteiger partial charge on any atom is 0.410 e. The smallest absolute Gasteiger partial charge is 0.410 e. The van der Waals surface area contributed by atoms with Crippen LogP contribution in [-0.4, -0.2) is 47.9 Å². The van der Waals surface area contributed by atoms with Gasteiger partial charge in [0.15, 0.2) is 0 Å². The molecule has 3 aromatic rings. The third-order valence-corrected chi connectivity index (χ3v) is 7.78. The number of amides is 1. The number of benzene rings is 3. The summed E-state index contributed by atoms with van der Waals surface area (Å²) in [6.45, 7) is 5.78. The van der Waals surface area contributed by atoms with Crippen molar-refractivity contribution in [1.82, 2.24) is 10.2 Å². The number of rotatable bonds is 6. The van der Waals surface area contributed by atoms with Crippen molar-refractivity contribution >= 4 is 6.09 Å². The highest BCUT2D eigenvalue weighted by molar-refractivity contribution is 5.70. The van der Waals surface area contributed by atoms with Crippen LogP contribution in [0.2, 0.25) is 0 Å². The lowest BCUT2D eigenvalue weighted by Crippen LogP contribution is -2.66. The minimum Gasteiger partial charge on any atom is -0.444 e. The summed E-state index contributed by atoms with van der Waals surface area (Å²) >= 11 is 0. The van der Waals surface area contributed by atoms with Crippen molar-refractivity contribution in [3.05, 3.63) is 108 Å². The molecule has 5 nitrogen and oxygen atoms in total. The quantitative estimate of drug-likeness (QED) is 0.416. The van der Waals surface area contributed by atoms with E-state index >= 15 is 0 Å². The molecule has 2 aliphatic heterocycles. The van der Waals surface area contributed by atoms with Crippen LogP contribution in [0.3, 0.4) is 0 Å². The minimum absolute atomic E-state index is 0.0333. The fourth-order valence-electron chi connectivity index (χ4n) is 6.25. The van der Waals surface area contributed by atoms with E-state index in [2.05, 4.69) is 96.3 Å². The van der Waals surface area contributed by atoms with Gasteiger partial charge in [0.2, 0.25) is 0 Å². The van der Waals surface area contributed by atoms with Gasteiger partial charge in [-0.2, -0.15) is 0 Å². The Morgan fingerprint density at radius 3 is 1.73 bits per heavy atom. The average molecular weight is 499 g/mol. The first-order chi connectivity index (χ1) is 17.8. The lowest BCUT2D eigenvalue weighted by Gasteiger charge is -2.49. The molecule has 0 saturated carbocycles. The Kier molecular flexibility index (Phi) is 7.11. The van der Waals surface area contributed by atoms with Gasteiger partial charge in [0, 0.05) is 13.2 Å². The standard InChI is InChI=1S/C32H38N2O3/c1-31(2,3)37-30(35)34-26-20-21-27(34)29(28(22-26)36-4)33-32(23-14-8-5-9-15-23,24-16-10-6-11-17-24)25-18-12-7-13-19-25/h5-19,26-29,33H,20-22H2,1-4H3. The summed E-state index contributed by atoms with van der Waals surface area (Å²) in [6, 6.07) is 31.8. The van der Waals surface area contributed by atoms with E-state index in [1.807, 2.05) is 25.7 Å². The SMILES string of the molecule is COC1CC2CCC(C1NC(c1ccccc1)(c1ccccc1)c1ccccc1)N2C(=O)OC(C)(C)C. The number of hydrogen-bond acceptors (Lipinski definition) is 4. The van der Waals surface area contributed by atoms with E-state index in [0.29, 0.717) is 0 Å². The largest absolute Gasteiger partial charge is 0.444 e. The number of carbonyl (C=O) groups excluding carboxylic acids is 1. The minimum atomic E-state index is -0.639. The molecule has 1 amide bonds. The highest BCUT2D eigenvalue weighted by Gasteiger charge is 2.53. The van der Waals surface area contributed by atoms with Crippen LogP contribution in [0.5, 0.6) is 0 Å².